The van der Waals surface area contributed by atoms with Gasteiger partial charge in [0, 0.05) is 43.4 Å². The first-order chi connectivity index (χ1) is 9.73. The monoisotopic (exact) mass is 337 g/mol. The van der Waals surface area contributed by atoms with Crippen LogP contribution in [-0.2, 0) is 14.6 Å². The Labute approximate surface area is 132 Å². The summed E-state index contributed by atoms with van der Waals surface area (Å²) in [6.45, 7) is 7.78. The highest BCUT2D eigenvalue weighted by Gasteiger charge is 2.28. The average molecular weight is 338 g/mol. The molecule has 0 aromatic rings. The van der Waals surface area contributed by atoms with Crippen molar-refractivity contribution in [3.63, 3.8) is 0 Å². The molecule has 0 atom stereocenters. The quantitative estimate of drug-likeness (QED) is 0.431. The lowest BCUT2D eigenvalue weighted by Gasteiger charge is -2.39. The van der Waals surface area contributed by atoms with Crippen molar-refractivity contribution in [2.75, 3.05) is 57.7 Å². The van der Waals surface area contributed by atoms with Gasteiger partial charge < -0.3 is 15.0 Å². The number of hydrogen-bond donors (Lipinski definition) is 1. The number of ether oxygens (including phenoxy) is 1. The highest BCUT2D eigenvalue weighted by molar-refractivity contribution is 8.00. The molecule has 1 aliphatic heterocycles. The predicted octanol–water partition coefficient (Wildman–Crippen LogP) is 0.450. The summed E-state index contributed by atoms with van der Waals surface area (Å²) in [5, 5.41) is 3.27. The Morgan fingerprint density at radius 1 is 1.43 bits per heavy atom. The summed E-state index contributed by atoms with van der Waals surface area (Å²) in [5.41, 5.74) is 0. The first-order valence-electron chi connectivity index (χ1n) is 7.08. The minimum atomic E-state index is -2.94. The van der Waals surface area contributed by atoms with Crippen LogP contribution in [0, 0.1) is 0 Å². The van der Waals surface area contributed by atoms with Crippen LogP contribution in [0.15, 0.2) is 4.99 Å². The zero-order valence-electron chi connectivity index (χ0n) is 13.4. The number of sulfone groups is 1. The number of guanidine groups is 1. The number of thioether (sulfide) groups is 1. The van der Waals surface area contributed by atoms with Crippen LogP contribution in [0.1, 0.15) is 13.8 Å². The van der Waals surface area contributed by atoms with E-state index in [9.17, 15) is 8.42 Å². The molecule has 1 N–H and O–H groups in total. The second kappa shape index (κ2) is 8.24. The minimum absolute atomic E-state index is 0.0687. The van der Waals surface area contributed by atoms with E-state index in [0.29, 0.717) is 13.2 Å². The Bertz CT molecular complexity index is 450. The number of aliphatic imine (C=N–C) groups is 1. The minimum Gasteiger partial charge on any atom is -0.379 e. The van der Waals surface area contributed by atoms with Crippen LogP contribution in [0.2, 0.25) is 0 Å². The lowest BCUT2D eigenvalue weighted by Crippen LogP contribution is -2.51. The standard InChI is InChI=1S/C13H27N3O3S2/c1-13(2)11-16(6-9-20-13)12(14-3)15-5-7-19-8-10-21(4,17)18/h5-11H2,1-4H3,(H,14,15). The van der Waals surface area contributed by atoms with Gasteiger partial charge in [0.15, 0.2) is 5.96 Å². The van der Waals surface area contributed by atoms with Gasteiger partial charge in [0.25, 0.3) is 0 Å². The molecule has 0 amide bonds. The number of nitrogens with zero attached hydrogens (tertiary/aromatic N) is 2. The average Bonchev–Trinajstić information content (AvgIpc) is 2.35. The zero-order chi connectivity index (χ0) is 15.9. The van der Waals surface area contributed by atoms with Gasteiger partial charge in [-0.25, -0.2) is 8.42 Å². The van der Waals surface area contributed by atoms with Crippen molar-refractivity contribution in [1.29, 1.82) is 0 Å². The van der Waals surface area contributed by atoms with E-state index in [2.05, 4.69) is 29.1 Å². The predicted molar refractivity (Wildman–Crippen MR) is 90.0 cm³/mol. The summed E-state index contributed by atoms with van der Waals surface area (Å²) in [6, 6.07) is 0. The van der Waals surface area contributed by atoms with E-state index >= 15 is 0 Å². The third kappa shape index (κ3) is 7.92. The van der Waals surface area contributed by atoms with Gasteiger partial charge in [-0.2, -0.15) is 11.8 Å². The zero-order valence-corrected chi connectivity index (χ0v) is 15.0. The van der Waals surface area contributed by atoms with Crippen molar-refractivity contribution in [1.82, 2.24) is 10.2 Å². The van der Waals surface area contributed by atoms with Crippen LogP contribution in [0.5, 0.6) is 0 Å². The third-order valence-electron chi connectivity index (χ3n) is 3.06. The van der Waals surface area contributed by atoms with E-state index < -0.39 is 9.84 Å². The number of hydrogen-bond acceptors (Lipinski definition) is 5. The van der Waals surface area contributed by atoms with E-state index in [1.807, 2.05) is 11.8 Å². The molecule has 1 rings (SSSR count). The van der Waals surface area contributed by atoms with Gasteiger partial charge in [0.2, 0.25) is 0 Å². The SMILES string of the molecule is CN=C(NCCOCCS(C)(=O)=O)N1CCSC(C)(C)C1. The van der Waals surface area contributed by atoms with Crippen LogP contribution < -0.4 is 5.32 Å². The Balaban J connectivity index is 2.26. The molecule has 6 nitrogen and oxygen atoms in total. The molecule has 0 aromatic carbocycles. The number of rotatable bonds is 6. The van der Waals surface area contributed by atoms with Crippen molar-refractivity contribution in [2.45, 2.75) is 18.6 Å². The van der Waals surface area contributed by atoms with Crippen molar-refractivity contribution in [3.05, 3.63) is 0 Å². The molecule has 0 bridgehead atoms. The molecule has 0 spiro atoms. The van der Waals surface area contributed by atoms with Gasteiger partial charge >= 0.3 is 0 Å². The molecular formula is C13H27N3O3S2. The van der Waals surface area contributed by atoms with Crippen LogP contribution in [0.25, 0.3) is 0 Å². The summed E-state index contributed by atoms with van der Waals surface area (Å²) in [7, 11) is -1.16. The summed E-state index contributed by atoms with van der Waals surface area (Å²) in [5.74, 6) is 2.05. The molecule has 0 aromatic heterocycles. The van der Waals surface area contributed by atoms with Gasteiger partial charge in [-0.15, -0.1) is 0 Å². The smallest absolute Gasteiger partial charge is 0.193 e. The molecule has 1 aliphatic rings. The molecule has 1 heterocycles. The van der Waals surface area contributed by atoms with E-state index in [0.717, 1.165) is 24.8 Å². The van der Waals surface area contributed by atoms with Gasteiger partial charge in [0.05, 0.1) is 19.0 Å². The highest BCUT2D eigenvalue weighted by atomic mass is 32.2. The molecular weight excluding hydrogens is 310 g/mol. The third-order valence-corrected chi connectivity index (χ3v) is 5.27. The maximum Gasteiger partial charge on any atom is 0.193 e. The van der Waals surface area contributed by atoms with Crippen molar-refractivity contribution in [3.8, 4) is 0 Å². The maximum atomic E-state index is 11.0. The Hall–Kier alpha value is -0.470. The van der Waals surface area contributed by atoms with E-state index in [-0.39, 0.29) is 17.1 Å². The van der Waals surface area contributed by atoms with Crippen molar-refractivity contribution < 1.29 is 13.2 Å². The summed E-state index contributed by atoms with van der Waals surface area (Å²) < 4.78 is 27.5. The van der Waals surface area contributed by atoms with Gasteiger partial charge in [-0.1, -0.05) is 0 Å². The fourth-order valence-corrected chi connectivity index (χ4v) is 3.61. The topological polar surface area (TPSA) is 71.0 Å². The first kappa shape index (κ1) is 18.6. The fourth-order valence-electron chi connectivity index (χ4n) is 2.08. The Kier molecular flexibility index (Phi) is 7.29. The largest absolute Gasteiger partial charge is 0.379 e. The molecule has 0 aliphatic carbocycles. The van der Waals surface area contributed by atoms with Crippen LogP contribution >= 0.6 is 11.8 Å². The van der Waals surface area contributed by atoms with Gasteiger partial charge in [0.1, 0.15) is 9.84 Å². The molecule has 124 valence electrons. The molecule has 0 unspecified atom stereocenters. The molecule has 1 fully saturated rings. The molecule has 1 saturated heterocycles. The van der Waals surface area contributed by atoms with Crippen LogP contribution in [-0.4, -0.2) is 81.7 Å². The Morgan fingerprint density at radius 3 is 2.71 bits per heavy atom. The van der Waals surface area contributed by atoms with Gasteiger partial charge in [-0.05, 0) is 13.8 Å². The lowest BCUT2D eigenvalue weighted by molar-refractivity contribution is 0.153. The second-order valence-corrected chi connectivity index (χ2v) is 9.81. The Morgan fingerprint density at radius 2 is 2.14 bits per heavy atom. The second-order valence-electron chi connectivity index (χ2n) is 5.75. The van der Waals surface area contributed by atoms with Gasteiger partial charge in [-0.3, -0.25) is 4.99 Å². The fraction of sp³-hybridized carbons (Fsp3) is 0.923. The molecule has 8 heteroatoms. The van der Waals surface area contributed by atoms with Crippen LogP contribution in [0.3, 0.4) is 0 Å². The summed E-state index contributed by atoms with van der Waals surface area (Å²) in [4.78, 5) is 6.56. The highest BCUT2D eigenvalue weighted by Crippen LogP contribution is 2.29. The number of nitrogens with one attached hydrogen (secondary N) is 1. The lowest BCUT2D eigenvalue weighted by atomic mass is 10.2. The van der Waals surface area contributed by atoms with E-state index in [1.54, 1.807) is 7.05 Å². The maximum absolute atomic E-state index is 11.0. The van der Waals surface area contributed by atoms with E-state index in [1.165, 1.54) is 6.26 Å². The van der Waals surface area contributed by atoms with Crippen molar-refractivity contribution >= 4 is 27.6 Å². The first-order valence-corrected chi connectivity index (χ1v) is 10.1. The summed E-state index contributed by atoms with van der Waals surface area (Å²) >= 11 is 1.98. The van der Waals surface area contributed by atoms with Crippen LogP contribution in [0.4, 0.5) is 0 Å². The van der Waals surface area contributed by atoms with E-state index in [4.69, 9.17) is 4.74 Å². The van der Waals surface area contributed by atoms with Crippen molar-refractivity contribution in [2.24, 2.45) is 4.99 Å². The molecule has 0 saturated carbocycles. The molecule has 0 radical (unpaired) electrons. The normalized spacial score (nSPS) is 19.6. The summed E-state index contributed by atoms with van der Waals surface area (Å²) in [6.07, 6.45) is 1.21. The molecule has 21 heavy (non-hydrogen) atoms.